The fraction of sp³-hybridized carbons (Fsp3) is 0.154. The molecule has 0 spiro atoms. The van der Waals surface area contributed by atoms with Gasteiger partial charge in [0.05, 0.1) is 19.2 Å². The predicted octanol–water partition coefficient (Wildman–Crippen LogP) is 1.65. The van der Waals surface area contributed by atoms with E-state index in [9.17, 15) is 4.79 Å². The van der Waals surface area contributed by atoms with E-state index >= 15 is 0 Å². The monoisotopic (exact) mass is 288 g/mol. The zero-order valence-corrected chi connectivity index (χ0v) is 11.6. The van der Waals surface area contributed by atoms with Gasteiger partial charge in [0.15, 0.2) is 11.3 Å². The Kier molecular flexibility index (Phi) is 3.11. The van der Waals surface area contributed by atoms with Crippen LogP contribution >= 0.6 is 11.3 Å². The first-order chi connectivity index (χ1) is 9.69. The first-order valence-electron chi connectivity index (χ1n) is 5.92. The minimum absolute atomic E-state index is 0.274. The van der Waals surface area contributed by atoms with Crippen molar-refractivity contribution in [1.29, 1.82) is 0 Å². The number of carbonyl (C=O) groups excluding carboxylic acids is 1. The smallest absolute Gasteiger partial charge is 0.270 e. The number of fused-ring (bicyclic) bond motifs is 1. The molecule has 7 heteroatoms. The molecule has 3 aromatic rings. The van der Waals surface area contributed by atoms with Crippen molar-refractivity contribution in [2.45, 2.75) is 6.54 Å². The molecule has 6 nitrogen and oxygen atoms in total. The maximum atomic E-state index is 11.4. The van der Waals surface area contributed by atoms with Crippen molar-refractivity contribution in [3.63, 3.8) is 0 Å². The number of hydrogen-bond acceptors (Lipinski definition) is 5. The average molecular weight is 288 g/mol. The highest BCUT2D eigenvalue weighted by Gasteiger charge is 2.17. The van der Waals surface area contributed by atoms with E-state index in [1.54, 1.807) is 17.3 Å². The summed E-state index contributed by atoms with van der Waals surface area (Å²) in [6.07, 6.45) is 0. The Balaban J connectivity index is 1.97. The highest BCUT2D eigenvalue weighted by Crippen LogP contribution is 2.23. The van der Waals surface area contributed by atoms with Crippen molar-refractivity contribution >= 4 is 27.6 Å². The van der Waals surface area contributed by atoms with Gasteiger partial charge in [-0.1, -0.05) is 12.1 Å². The summed E-state index contributed by atoms with van der Waals surface area (Å²) in [4.78, 5) is 15.6. The largest absolute Gasteiger partial charge is 0.497 e. The van der Waals surface area contributed by atoms with Crippen LogP contribution in [0.15, 0.2) is 29.8 Å². The molecule has 2 N–H and O–H groups in total. The summed E-state index contributed by atoms with van der Waals surface area (Å²) < 4.78 is 7.53. The van der Waals surface area contributed by atoms with Gasteiger partial charge in [-0.3, -0.25) is 4.79 Å². The Hall–Kier alpha value is -2.41. The first kappa shape index (κ1) is 12.6. The van der Waals surface area contributed by atoms with Crippen LogP contribution in [0.3, 0.4) is 0 Å². The number of nitrogens with two attached hydrogens (primary N) is 1. The molecule has 3 rings (SSSR count). The topological polar surface area (TPSA) is 83.0 Å². The highest BCUT2D eigenvalue weighted by molar-refractivity contribution is 7.17. The van der Waals surface area contributed by atoms with Crippen molar-refractivity contribution in [3.8, 4) is 5.75 Å². The van der Waals surface area contributed by atoms with E-state index < -0.39 is 5.91 Å². The fourth-order valence-corrected chi connectivity index (χ4v) is 2.75. The van der Waals surface area contributed by atoms with E-state index in [1.807, 2.05) is 24.3 Å². The standard InChI is InChI=1S/C13H12N4O2S/c1-19-9-4-2-8(3-5-9)6-17-13-11(20-7-15-13)10(16-17)12(14)18/h2-5,7H,6H2,1H3,(H2,14,18). The molecule has 2 aromatic heterocycles. The number of carbonyl (C=O) groups is 1. The molecule has 102 valence electrons. The van der Waals surface area contributed by atoms with Crippen molar-refractivity contribution in [1.82, 2.24) is 14.8 Å². The lowest BCUT2D eigenvalue weighted by Gasteiger charge is -2.04. The number of nitrogens with zero attached hydrogens (tertiary/aromatic N) is 3. The quantitative estimate of drug-likeness (QED) is 0.791. The van der Waals surface area contributed by atoms with Crippen LogP contribution < -0.4 is 10.5 Å². The molecule has 0 atom stereocenters. The molecule has 0 bridgehead atoms. The third kappa shape index (κ3) is 2.12. The van der Waals surface area contributed by atoms with Gasteiger partial charge in [-0.05, 0) is 17.7 Å². The van der Waals surface area contributed by atoms with Crippen LogP contribution in [-0.2, 0) is 6.54 Å². The molecule has 1 amide bonds. The Morgan fingerprint density at radius 1 is 1.40 bits per heavy atom. The zero-order chi connectivity index (χ0) is 14.1. The number of primary amides is 1. The molecule has 0 saturated carbocycles. The molecule has 0 aliphatic carbocycles. The maximum absolute atomic E-state index is 11.4. The van der Waals surface area contributed by atoms with Crippen LogP contribution in [0.25, 0.3) is 10.3 Å². The summed E-state index contributed by atoms with van der Waals surface area (Å²) >= 11 is 1.36. The second-order valence-corrected chi connectivity index (χ2v) is 5.08. The third-order valence-corrected chi connectivity index (χ3v) is 3.78. The number of thiazole rings is 1. The lowest BCUT2D eigenvalue weighted by molar-refractivity contribution is 0.0996. The molecule has 0 unspecified atom stereocenters. The molecule has 1 aromatic carbocycles. The molecule has 0 aliphatic rings. The Morgan fingerprint density at radius 2 is 2.15 bits per heavy atom. The van der Waals surface area contributed by atoms with Gasteiger partial charge in [-0.15, -0.1) is 11.3 Å². The van der Waals surface area contributed by atoms with Crippen molar-refractivity contribution in [2.75, 3.05) is 7.11 Å². The Morgan fingerprint density at radius 3 is 2.80 bits per heavy atom. The molecule has 0 aliphatic heterocycles. The number of ether oxygens (including phenoxy) is 1. The lowest BCUT2D eigenvalue weighted by Crippen LogP contribution is -2.13. The van der Waals surface area contributed by atoms with Gasteiger partial charge in [0.1, 0.15) is 10.4 Å². The van der Waals surface area contributed by atoms with Crippen molar-refractivity contribution in [3.05, 3.63) is 41.0 Å². The van der Waals surface area contributed by atoms with Crippen LogP contribution in [-0.4, -0.2) is 27.8 Å². The van der Waals surface area contributed by atoms with Crippen LogP contribution in [0.1, 0.15) is 16.1 Å². The number of benzene rings is 1. The number of hydrogen-bond donors (Lipinski definition) is 1. The Bertz CT molecular complexity index is 760. The van der Waals surface area contributed by atoms with Gasteiger partial charge >= 0.3 is 0 Å². The fourth-order valence-electron chi connectivity index (χ4n) is 1.97. The lowest BCUT2D eigenvalue weighted by atomic mass is 10.2. The van der Waals surface area contributed by atoms with E-state index in [0.717, 1.165) is 16.0 Å². The van der Waals surface area contributed by atoms with Crippen LogP contribution in [0, 0.1) is 0 Å². The number of rotatable bonds is 4. The number of aromatic nitrogens is 3. The van der Waals surface area contributed by atoms with Crippen LogP contribution in [0.4, 0.5) is 0 Å². The van der Waals surface area contributed by atoms with E-state index in [2.05, 4.69) is 10.1 Å². The van der Waals surface area contributed by atoms with Gasteiger partial charge in [0.25, 0.3) is 5.91 Å². The Labute approximate surface area is 118 Å². The van der Waals surface area contributed by atoms with Crippen LogP contribution in [0.2, 0.25) is 0 Å². The summed E-state index contributed by atoms with van der Waals surface area (Å²) in [5.74, 6) is 0.263. The maximum Gasteiger partial charge on any atom is 0.270 e. The van der Waals surface area contributed by atoms with Crippen molar-refractivity contribution in [2.24, 2.45) is 5.73 Å². The second-order valence-electron chi connectivity index (χ2n) is 4.22. The number of methoxy groups -OCH3 is 1. The molecular formula is C13H12N4O2S. The summed E-state index contributed by atoms with van der Waals surface area (Å²) in [6.45, 7) is 0.525. The average Bonchev–Trinajstić information content (AvgIpc) is 3.03. The van der Waals surface area contributed by atoms with Gasteiger partial charge in [-0.25, -0.2) is 9.67 Å². The van der Waals surface area contributed by atoms with E-state index in [-0.39, 0.29) is 5.69 Å². The molecule has 0 fully saturated rings. The summed E-state index contributed by atoms with van der Waals surface area (Å²) in [5.41, 5.74) is 9.01. The van der Waals surface area contributed by atoms with Gasteiger partial charge in [0.2, 0.25) is 0 Å². The minimum Gasteiger partial charge on any atom is -0.497 e. The second kappa shape index (κ2) is 4.93. The summed E-state index contributed by atoms with van der Waals surface area (Å²) in [6, 6.07) is 7.66. The van der Waals surface area contributed by atoms with Gasteiger partial charge < -0.3 is 10.5 Å². The minimum atomic E-state index is -0.535. The first-order valence-corrected chi connectivity index (χ1v) is 6.79. The van der Waals surface area contributed by atoms with E-state index in [0.29, 0.717) is 12.2 Å². The number of amides is 1. The summed E-state index contributed by atoms with van der Waals surface area (Å²) in [7, 11) is 1.63. The van der Waals surface area contributed by atoms with Crippen LogP contribution in [0.5, 0.6) is 5.75 Å². The van der Waals surface area contributed by atoms with Gasteiger partial charge in [-0.2, -0.15) is 5.10 Å². The van der Waals surface area contributed by atoms with E-state index in [4.69, 9.17) is 10.5 Å². The normalized spacial score (nSPS) is 10.8. The highest BCUT2D eigenvalue weighted by atomic mass is 32.1. The van der Waals surface area contributed by atoms with E-state index in [1.165, 1.54) is 11.3 Å². The molecule has 0 saturated heterocycles. The predicted molar refractivity (Wildman–Crippen MR) is 76.0 cm³/mol. The SMILES string of the molecule is COc1ccc(Cn2nc(C(N)=O)c3scnc32)cc1. The molecule has 20 heavy (non-hydrogen) atoms. The third-order valence-electron chi connectivity index (χ3n) is 2.95. The molecule has 2 heterocycles. The van der Waals surface area contributed by atoms with Gasteiger partial charge in [0, 0.05) is 0 Å². The molecular weight excluding hydrogens is 276 g/mol. The van der Waals surface area contributed by atoms with Crippen molar-refractivity contribution < 1.29 is 9.53 Å². The summed E-state index contributed by atoms with van der Waals surface area (Å²) in [5, 5.41) is 4.25. The zero-order valence-electron chi connectivity index (χ0n) is 10.7. The molecule has 0 radical (unpaired) electrons.